The molecule has 16 heavy (non-hydrogen) atoms. The van der Waals surface area contributed by atoms with Gasteiger partial charge in [0, 0.05) is 26.0 Å². The third kappa shape index (κ3) is 2.45. The average Bonchev–Trinajstić information content (AvgIpc) is 2.58. The second-order valence-electron chi connectivity index (χ2n) is 4.36. The monoisotopic (exact) mass is 244 g/mol. The molecule has 5 nitrogen and oxygen atoms in total. The van der Waals surface area contributed by atoms with E-state index in [1.165, 1.54) is 0 Å². The fraction of sp³-hybridized carbons (Fsp3) is 0.600. The Morgan fingerprint density at radius 2 is 2.25 bits per heavy atom. The number of aryl methyl sites for hydroxylation is 1. The van der Waals surface area contributed by atoms with E-state index >= 15 is 0 Å². The minimum absolute atomic E-state index is 0.244. The zero-order chi connectivity index (χ0) is 11.8. The zero-order valence-corrected chi connectivity index (χ0v) is 9.94. The van der Waals surface area contributed by atoms with Crippen LogP contribution in [0.2, 0.25) is 0 Å². The van der Waals surface area contributed by atoms with Gasteiger partial charge in [0.2, 0.25) is 10.0 Å². The molecule has 1 aromatic rings. The third-order valence-corrected chi connectivity index (χ3v) is 4.30. The fourth-order valence-electron chi connectivity index (χ4n) is 1.81. The number of hydrogen-bond acceptors (Lipinski definition) is 3. The number of sulfonamides is 1. The SMILES string of the molecule is Cn1ccc(S(=O)(=O)NCC2CC(O)C2)c1. The lowest BCUT2D eigenvalue weighted by Crippen LogP contribution is -2.38. The lowest BCUT2D eigenvalue weighted by molar-refractivity contribution is 0.0453. The van der Waals surface area contributed by atoms with E-state index < -0.39 is 10.0 Å². The minimum atomic E-state index is -3.38. The molecule has 1 fully saturated rings. The van der Waals surface area contributed by atoms with Crippen LogP contribution in [0.5, 0.6) is 0 Å². The van der Waals surface area contributed by atoms with Crippen molar-refractivity contribution >= 4 is 10.0 Å². The number of nitrogens with zero attached hydrogens (tertiary/aromatic N) is 1. The van der Waals surface area contributed by atoms with Crippen molar-refractivity contribution in [3.05, 3.63) is 18.5 Å². The van der Waals surface area contributed by atoms with Crippen molar-refractivity contribution in [2.45, 2.75) is 23.8 Å². The Labute approximate surface area is 95.1 Å². The van der Waals surface area contributed by atoms with E-state index in [-0.39, 0.29) is 16.9 Å². The highest BCUT2D eigenvalue weighted by Gasteiger charge is 2.28. The molecule has 2 N–H and O–H groups in total. The van der Waals surface area contributed by atoms with Crippen molar-refractivity contribution in [2.75, 3.05) is 6.54 Å². The maximum absolute atomic E-state index is 11.8. The van der Waals surface area contributed by atoms with Gasteiger partial charge in [0.05, 0.1) is 11.0 Å². The molecule has 0 atom stereocenters. The van der Waals surface area contributed by atoms with Crippen LogP contribution in [-0.4, -0.2) is 30.7 Å². The summed E-state index contributed by atoms with van der Waals surface area (Å²) in [5, 5.41) is 9.09. The highest BCUT2D eigenvalue weighted by Crippen LogP contribution is 2.26. The predicted octanol–water partition coefficient (Wildman–Crippen LogP) is 0.0743. The molecular formula is C10H16N2O3S. The molecule has 2 rings (SSSR count). The first-order valence-corrected chi connectivity index (χ1v) is 6.75. The van der Waals surface area contributed by atoms with Gasteiger partial charge in [-0.2, -0.15) is 0 Å². The second-order valence-corrected chi connectivity index (χ2v) is 6.12. The number of aromatic nitrogens is 1. The van der Waals surface area contributed by atoms with Crippen molar-refractivity contribution in [1.29, 1.82) is 0 Å². The molecule has 0 unspecified atom stereocenters. The summed E-state index contributed by atoms with van der Waals surface area (Å²) < 4.78 is 27.8. The van der Waals surface area contributed by atoms with Gasteiger partial charge in [0.25, 0.3) is 0 Å². The van der Waals surface area contributed by atoms with Gasteiger partial charge in [0.1, 0.15) is 0 Å². The molecule has 0 aliphatic heterocycles. The van der Waals surface area contributed by atoms with Gasteiger partial charge in [0.15, 0.2) is 0 Å². The fourth-order valence-corrected chi connectivity index (χ4v) is 2.98. The molecule has 1 aliphatic carbocycles. The molecule has 1 aliphatic rings. The quantitative estimate of drug-likeness (QED) is 0.787. The van der Waals surface area contributed by atoms with E-state index in [4.69, 9.17) is 5.11 Å². The molecule has 90 valence electrons. The van der Waals surface area contributed by atoms with E-state index in [9.17, 15) is 8.42 Å². The summed E-state index contributed by atoms with van der Waals surface area (Å²) in [6.45, 7) is 0.411. The van der Waals surface area contributed by atoms with Crippen LogP contribution in [0.1, 0.15) is 12.8 Å². The van der Waals surface area contributed by atoms with Crippen molar-refractivity contribution in [3.8, 4) is 0 Å². The van der Waals surface area contributed by atoms with Crippen LogP contribution >= 0.6 is 0 Å². The summed E-state index contributed by atoms with van der Waals surface area (Å²) in [5.41, 5.74) is 0. The van der Waals surface area contributed by atoms with Gasteiger partial charge in [-0.25, -0.2) is 13.1 Å². The van der Waals surface area contributed by atoms with Gasteiger partial charge >= 0.3 is 0 Å². The maximum atomic E-state index is 11.8. The molecule has 1 saturated carbocycles. The van der Waals surface area contributed by atoms with Crippen molar-refractivity contribution < 1.29 is 13.5 Å². The lowest BCUT2D eigenvalue weighted by Gasteiger charge is -2.31. The summed E-state index contributed by atoms with van der Waals surface area (Å²) in [7, 11) is -1.60. The highest BCUT2D eigenvalue weighted by atomic mass is 32.2. The Morgan fingerprint density at radius 1 is 1.56 bits per heavy atom. The number of rotatable bonds is 4. The summed E-state index contributed by atoms with van der Waals surface area (Å²) in [6, 6.07) is 1.57. The molecule has 0 spiro atoms. The topological polar surface area (TPSA) is 71.3 Å². The molecule has 1 aromatic heterocycles. The molecule has 0 aromatic carbocycles. The molecular weight excluding hydrogens is 228 g/mol. The number of aliphatic hydroxyl groups excluding tert-OH is 1. The molecule has 6 heteroatoms. The largest absolute Gasteiger partial charge is 0.393 e. The number of hydrogen-bond donors (Lipinski definition) is 2. The van der Waals surface area contributed by atoms with E-state index in [1.54, 1.807) is 30.1 Å². The first-order chi connectivity index (χ1) is 7.47. The summed E-state index contributed by atoms with van der Waals surface area (Å²) in [5.74, 6) is 0.272. The van der Waals surface area contributed by atoms with Crippen molar-refractivity contribution in [3.63, 3.8) is 0 Å². The van der Waals surface area contributed by atoms with Crippen LogP contribution in [0.3, 0.4) is 0 Å². The molecule has 0 amide bonds. The normalized spacial score (nSPS) is 25.4. The molecule has 0 bridgehead atoms. The van der Waals surface area contributed by atoms with Gasteiger partial charge in [-0.15, -0.1) is 0 Å². The van der Waals surface area contributed by atoms with Crippen LogP contribution < -0.4 is 4.72 Å². The highest BCUT2D eigenvalue weighted by molar-refractivity contribution is 7.89. The Morgan fingerprint density at radius 3 is 2.75 bits per heavy atom. The summed E-state index contributed by atoms with van der Waals surface area (Å²) in [4.78, 5) is 0.287. The zero-order valence-electron chi connectivity index (χ0n) is 9.13. The maximum Gasteiger partial charge on any atom is 0.242 e. The Hall–Kier alpha value is -0.850. The van der Waals surface area contributed by atoms with E-state index in [0.717, 1.165) is 0 Å². The lowest BCUT2D eigenvalue weighted by atomic mass is 9.83. The Balaban J connectivity index is 1.93. The molecule has 0 saturated heterocycles. The molecule has 1 heterocycles. The number of nitrogens with one attached hydrogen (secondary N) is 1. The van der Waals surface area contributed by atoms with Gasteiger partial charge < -0.3 is 9.67 Å². The van der Waals surface area contributed by atoms with Gasteiger partial charge in [-0.3, -0.25) is 0 Å². The first-order valence-electron chi connectivity index (χ1n) is 5.27. The van der Waals surface area contributed by atoms with Crippen LogP contribution in [0.4, 0.5) is 0 Å². The summed E-state index contributed by atoms with van der Waals surface area (Å²) in [6.07, 6.45) is 4.40. The van der Waals surface area contributed by atoms with Crippen molar-refractivity contribution in [2.24, 2.45) is 13.0 Å². The Bertz CT molecular complexity index is 460. The van der Waals surface area contributed by atoms with E-state index in [2.05, 4.69) is 4.72 Å². The molecule has 0 radical (unpaired) electrons. The van der Waals surface area contributed by atoms with E-state index in [1.807, 2.05) is 0 Å². The average molecular weight is 244 g/mol. The Kier molecular flexibility index (Phi) is 3.05. The van der Waals surface area contributed by atoms with Crippen LogP contribution in [0, 0.1) is 5.92 Å². The second kappa shape index (κ2) is 4.20. The minimum Gasteiger partial charge on any atom is -0.393 e. The predicted molar refractivity (Wildman–Crippen MR) is 59.3 cm³/mol. The summed E-state index contributed by atoms with van der Waals surface area (Å²) >= 11 is 0. The van der Waals surface area contributed by atoms with Crippen molar-refractivity contribution in [1.82, 2.24) is 9.29 Å². The third-order valence-electron chi connectivity index (χ3n) is 2.89. The smallest absolute Gasteiger partial charge is 0.242 e. The van der Waals surface area contributed by atoms with Crippen LogP contribution in [0.25, 0.3) is 0 Å². The van der Waals surface area contributed by atoms with Gasteiger partial charge in [-0.1, -0.05) is 0 Å². The van der Waals surface area contributed by atoms with Crippen LogP contribution in [0.15, 0.2) is 23.4 Å². The first kappa shape index (κ1) is 11.6. The van der Waals surface area contributed by atoms with Gasteiger partial charge in [-0.05, 0) is 24.8 Å². The van der Waals surface area contributed by atoms with Crippen LogP contribution in [-0.2, 0) is 17.1 Å². The standard InChI is InChI=1S/C10H16N2O3S/c1-12-3-2-10(7-12)16(14,15)11-6-8-4-9(13)5-8/h2-3,7-9,11,13H,4-6H2,1H3. The number of aliphatic hydroxyl groups is 1. The van der Waals surface area contributed by atoms with E-state index in [0.29, 0.717) is 19.4 Å².